The van der Waals surface area contributed by atoms with Crippen LogP contribution in [0.15, 0.2) is 85.1 Å². The van der Waals surface area contributed by atoms with Crippen molar-refractivity contribution in [3.05, 3.63) is 85.1 Å². The van der Waals surface area contributed by atoms with Gasteiger partial charge in [0.25, 0.3) is 0 Å². The third-order valence-electron chi connectivity index (χ3n) is 15.3. The number of ether oxygens (including phenoxy) is 4. The minimum absolute atomic E-state index is 0.242. The molecule has 14 heteroatoms. The number of hydrogen-bond donors (Lipinski definition) is 9. The van der Waals surface area contributed by atoms with Crippen molar-refractivity contribution in [1.82, 2.24) is 5.32 Å². The summed E-state index contributed by atoms with van der Waals surface area (Å²) in [7, 11) is 0. The molecular weight excluding hydrogens is 1030 g/mol. The highest BCUT2D eigenvalue weighted by Gasteiger charge is 2.51. The molecule has 12 atom stereocenters. The standard InChI is InChI=1S/C67H117NO13/c1-3-5-7-9-11-13-15-17-18-19-20-21-22-23-24-25-26-27-28-29-30-31-32-33-34-35-36-37-38-39-41-43-45-47-49-51-59(72)68-55(56(71)50-48-46-44-42-40-16-14-12-10-8-6-4-2)54-78-66-64(77)62(75)65(58(53-70)80-66)81-67-63(76)61(74)60(73)57(52-69)79-67/h5,7,11,13,17-18,20-21,23-24,26-27,48,50,55-58,60-67,69-71,73-77H,3-4,6,8-10,12,14-16,19,22,25,28-47,49,51-54H2,1-2H3,(H,68,72)/b7-5-,13-11-,18-17-,21-20-,24-23-,27-26-,50-48+. The van der Waals surface area contributed by atoms with Crippen LogP contribution in [0.3, 0.4) is 0 Å². The number of aliphatic hydroxyl groups excluding tert-OH is 8. The van der Waals surface area contributed by atoms with E-state index in [0.29, 0.717) is 6.42 Å². The second-order valence-electron chi connectivity index (χ2n) is 22.5. The lowest BCUT2D eigenvalue weighted by Gasteiger charge is -2.46. The highest BCUT2D eigenvalue weighted by atomic mass is 16.7. The van der Waals surface area contributed by atoms with Crippen molar-refractivity contribution in [3.63, 3.8) is 0 Å². The molecule has 0 saturated carbocycles. The molecule has 2 rings (SSSR count). The minimum Gasteiger partial charge on any atom is -0.394 e. The van der Waals surface area contributed by atoms with Crippen LogP contribution in [0.5, 0.6) is 0 Å². The molecular formula is C67H117NO13. The van der Waals surface area contributed by atoms with E-state index in [1.807, 2.05) is 6.08 Å². The number of nitrogens with one attached hydrogen (secondary N) is 1. The zero-order valence-corrected chi connectivity index (χ0v) is 50.5. The van der Waals surface area contributed by atoms with E-state index in [4.69, 9.17) is 18.9 Å². The Morgan fingerprint density at radius 3 is 1.31 bits per heavy atom. The monoisotopic (exact) mass is 1140 g/mol. The van der Waals surface area contributed by atoms with Crippen molar-refractivity contribution in [2.75, 3.05) is 19.8 Å². The fourth-order valence-corrected chi connectivity index (χ4v) is 10.2. The van der Waals surface area contributed by atoms with Crippen molar-refractivity contribution in [3.8, 4) is 0 Å². The first-order chi connectivity index (χ1) is 39.6. The van der Waals surface area contributed by atoms with E-state index < -0.39 is 86.8 Å². The normalized spacial score (nSPS) is 24.7. The predicted molar refractivity (Wildman–Crippen MR) is 327 cm³/mol. The molecule has 2 heterocycles. The second kappa shape index (κ2) is 51.6. The van der Waals surface area contributed by atoms with Gasteiger partial charge in [0, 0.05) is 6.42 Å². The second-order valence-corrected chi connectivity index (χ2v) is 22.5. The Balaban J connectivity index is 1.61. The van der Waals surface area contributed by atoms with E-state index in [2.05, 4.69) is 92.1 Å². The molecule has 2 aliphatic rings. The molecule has 81 heavy (non-hydrogen) atoms. The summed E-state index contributed by atoms with van der Waals surface area (Å²) in [6.07, 6.45) is 53.6. The van der Waals surface area contributed by atoms with Crippen LogP contribution in [0.25, 0.3) is 0 Å². The average molecular weight is 1140 g/mol. The summed E-state index contributed by atoms with van der Waals surface area (Å²) in [5.41, 5.74) is 0. The van der Waals surface area contributed by atoms with Gasteiger partial charge in [-0.05, 0) is 70.6 Å². The summed E-state index contributed by atoms with van der Waals surface area (Å²) >= 11 is 0. The van der Waals surface area contributed by atoms with Crippen LogP contribution in [0.1, 0.15) is 239 Å². The third kappa shape index (κ3) is 36.6. The highest BCUT2D eigenvalue weighted by Crippen LogP contribution is 2.30. The van der Waals surface area contributed by atoms with Crippen molar-refractivity contribution < 1.29 is 64.6 Å². The van der Waals surface area contributed by atoms with E-state index >= 15 is 0 Å². The zero-order chi connectivity index (χ0) is 58.8. The van der Waals surface area contributed by atoms with Gasteiger partial charge in [-0.1, -0.05) is 247 Å². The van der Waals surface area contributed by atoms with Gasteiger partial charge in [-0.3, -0.25) is 4.79 Å². The van der Waals surface area contributed by atoms with Gasteiger partial charge in [-0.2, -0.15) is 0 Å². The molecule has 14 nitrogen and oxygen atoms in total. The molecule has 468 valence electrons. The Morgan fingerprint density at radius 2 is 0.852 bits per heavy atom. The van der Waals surface area contributed by atoms with E-state index in [-0.39, 0.29) is 18.9 Å². The Kier molecular flexibility index (Phi) is 47.3. The maximum absolute atomic E-state index is 13.3. The quantitative estimate of drug-likeness (QED) is 0.0204. The molecule has 0 radical (unpaired) electrons. The molecule has 2 saturated heterocycles. The summed E-state index contributed by atoms with van der Waals surface area (Å²) in [5, 5.41) is 87.1. The molecule has 0 aromatic carbocycles. The van der Waals surface area contributed by atoms with Crippen LogP contribution in [-0.2, 0) is 23.7 Å². The first-order valence-corrected chi connectivity index (χ1v) is 32.3. The van der Waals surface area contributed by atoms with E-state index in [9.17, 15) is 45.6 Å². The fourth-order valence-electron chi connectivity index (χ4n) is 10.2. The van der Waals surface area contributed by atoms with Crippen molar-refractivity contribution in [1.29, 1.82) is 0 Å². The van der Waals surface area contributed by atoms with Crippen LogP contribution >= 0.6 is 0 Å². The van der Waals surface area contributed by atoms with Gasteiger partial charge in [-0.15, -0.1) is 0 Å². The van der Waals surface area contributed by atoms with Crippen molar-refractivity contribution in [2.24, 2.45) is 0 Å². The van der Waals surface area contributed by atoms with Crippen LogP contribution < -0.4 is 5.32 Å². The van der Waals surface area contributed by atoms with Crippen LogP contribution in [0, 0.1) is 0 Å². The molecule has 2 aliphatic heterocycles. The Bertz CT molecular complexity index is 1680. The third-order valence-corrected chi connectivity index (χ3v) is 15.3. The van der Waals surface area contributed by atoms with Crippen molar-refractivity contribution in [2.45, 2.75) is 312 Å². The maximum Gasteiger partial charge on any atom is 0.220 e. The van der Waals surface area contributed by atoms with Crippen LogP contribution in [0.4, 0.5) is 0 Å². The SMILES string of the molecule is CC/C=C\C/C=C\C/C=C\C/C=C\C/C=C\C/C=C\CCCCCCCCCCCCCCCCCCC(=O)NC(COC1OC(CO)C(OC2OC(CO)C(O)C(O)C2O)C(O)C1O)C(O)/C=C/CCCCCCCCCCCC. The zero-order valence-electron chi connectivity index (χ0n) is 50.5. The lowest BCUT2D eigenvalue weighted by Crippen LogP contribution is -2.65. The summed E-state index contributed by atoms with van der Waals surface area (Å²) in [4.78, 5) is 13.3. The molecule has 0 spiro atoms. The van der Waals surface area contributed by atoms with Gasteiger partial charge in [-0.25, -0.2) is 0 Å². The summed E-state index contributed by atoms with van der Waals surface area (Å²) in [6.45, 7) is 2.67. The van der Waals surface area contributed by atoms with E-state index in [0.717, 1.165) is 77.0 Å². The number of hydrogen-bond acceptors (Lipinski definition) is 13. The van der Waals surface area contributed by atoms with Gasteiger partial charge in [0.15, 0.2) is 12.6 Å². The first-order valence-electron chi connectivity index (χ1n) is 32.3. The minimum atomic E-state index is -1.79. The molecule has 2 fully saturated rings. The van der Waals surface area contributed by atoms with E-state index in [1.54, 1.807) is 6.08 Å². The van der Waals surface area contributed by atoms with Gasteiger partial charge >= 0.3 is 0 Å². The predicted octanol–water partition coefficient (Wildman–Crippen LogP) is 12.1. The number of allylic oxidation sites excluding steroid dienone is 13. The highest BCUT2D eigenvalue weighted by molar-refractivity contribution is 5.76. The number of carbonyl (C=O) groups excluding carboxylic acids is 1. The van der Waals surface area contributed by atoms with Crippen LogP contribution in [0.2, 0.25) is 0 Å². The molecule has 0 aliphatic carbocycles. The number of amides is 1. The number of aliphatic hydroxyl groups is 8. The maximum atomic E-state index is 13.3. The molecule has 1 amide bonds. The van der Waals surface area contributed by atoms with E-state index in [1.165, 1.54) is 135 Å². The lowest BCUT2D eigenvalue weighted by molar-refractivity contribution is -0.359. The largest absolute Gasteiger partial charge is 0.394 e. The topological polar surface area (TPSA) is 228 Å². The lowest BCUT2D eigenvalue weighted by atomic mass is 9.97. The van der Waals surface area contributed by atoms with Gasteiger partial charge < -0.3 is 65.1 Å². The fraction of sp³-hybridized carbons (Fsp3) is 0.776. The Morgan fingerprint density at radius 1 is 0.457 bits per heavy atom. The van der Waals surface area contributed by atoms with Gasteiger partial charge in [0.05, 0.1) is 32.0 Å². The summed E-state index contributed by atoms with van der Waals surface area (Å²) in [6, 6.07) is -0.916. The molecule has 0 bridgehead atoms. The Hall–Kier alpha value is -2.83. The number of unbranched alkanes of at least 4 members (excludes halogenated alkanes) is 26. The summed E-state index contributed by atoms with van der Waals surface area (Å²) in [5.74, 6) is -0.242. The summed E-state index contributed by atoms with van der Waals surface area (Å²) < 4.78 is 22.8. The molecule has 12 unspecified atom stereocenters. The van der Waals surface area contributed by atoms with Crippen LogP contribution in [-0.4, -0.2) is 140 Å². The molecule has 9 N–H and O–H groups in total. The molecule has 0 aromatic heterocycles. The Labute approximate surface area is 491 Å². The average Bonchev–Trinajstić information content (AvgIpc) is 3.46. The van der Waals surface area contributed by atoms with Crippen molar-refractivity contribution >= 4 is 5.91 Å². The smallest absolute Gasteiger partial charge is 0.220 e. The van der Waals surface area contributed by atoms with Gasteiger partial charge in [0.2, 0.25) is 5.91 Å². The first kappa shape index (κ1) is 74.3. The molecule has 0 aromatic rings. The number of rotatable bonds is 51. The van der Waals surface area contributed by atoms with Gasteiger partial charge in [0.1, 0.15) is 48.8 Å². The number of carbonyl (C=O) groups is 1.